The Hall–Kier alpha value is -1.80. The molecule has 19 heavy (non-hydrogen) atoms. The first kappa shape index (κ1) is 13.6. The zero-order chi connectivity index (χ0) is 13.9. The SMILES string of the molecule is CC(C)(C)[C@H](N)c1cccc(Oc2ccccc2)c1. The third-order valence-electron chi connectivity index (χ3n) is 3.13. The maximum Gasteiger partial charge on any atom is 0.127 e. The van der Waals surface area contributed by atoms with Crippen LogP contribution in [0.1, 0.15) is 32.4 Å². The van der Waals surface area contributed by atoms with Crippen LogP contribution >= 0.6 is 0 Å². The average Bonchev–Trinajstić information content (AvgIpc) is 2.38. The fourth-order valence-electron chi connectivity index (χ4n) is 1.90. The molecule has 0 bridgehead atoms. The topological polar surface area (TPSA) is 35.2 Å². The highest BCUT2D eigenvalue weighted by Gasteiger charge is 2.22. The molecule has 2 rings (SSSR count). The number of ether oxygens (including phenoxy) is 1. The summed E-state index contributed by atoms with van der Waals surface area (Å²) in [4.78, 5) is 0. The molecule has 100 valence electrons. The van der Waals surface area contributed by atoms with Gasteiger partial charge in [0, 0.05) is 6.04 Å². The van der Waals surface area contributed by atoms with Crippen molar-refractivity contribution in [3.05, 3.63) is 60.2 Å². The summed E-state index contributed by atoms with van der Waals surface area (Å²) in [7, 11) is 0. The van der Waals surface area contributed by atoms with Gasteiger partial charge >= 0.3 is 0 Å². The second-order valence-electron chi connectivity index (χ2n) is 5.83. The van der Waals surface area contributed by atoms with Gasteiger partial charge in [-0.2, -0.15) is 0 Å². The van der Waals surface area contributed by atoms with Crippen LogP contribution in [0.4, 0.5) is 0 Å². The molecule has 2 nitrogen and oxygen atoms in total. The normalized spacial score (nSPS) is 13.1. The number of rotatable bonds is 3. The predicted molar refractivity (Wildman–Crippen MR) is 79.3 cm³/mol. The zero-order valence-electron chi connectivity index (χ0n) is 11.8. The molecule has 0 spiro atoms. The lowest BCUT2D eigenvalue weighted by Crippen LogP contribution is -2.26. The van der Waals surface area contributed by atoms with Crippen LogP contribution in [0.5, 0.6) is 11.5 Å². The fraction of sp³-hybridized carbons (Fsp3) is 0.294. The van der Waals surface area contributed by atoms with Crippen molar-refractivity contribution in [1.29, 1.82) is 0 Å². The van der Waals surface area contributed by atoms with Gasteiger partial charge < -0.3 is 10.5 Å². The van der Waals surface area contributed by atoms with Crippen molar-refractivity contribution in [1.82, 2.24) is 0 Å². The van der Waals surface area contributed by atoms with E-state index in [1.165, 1.54) is 0 Å². The molecule has 0 aliphatic rings. The van der Waals surface area contributed by atoms with Crippen LogP contribution in [0, 0.1) is 5.41 Å². The van der Waals surface area contributed by atoms with Gasteiger partial charge in [0.1, 0.15) is 11.5 Å². The molecule has 0 saturated carbocycles. The lowest BCUT2D eigenvalue weighted by atomic mass is 9.83. The van der Waals surface area contributed by atoms with E-state index in [9.17, 15) is 0 Å². The molecule has 1 atom stereocenters. The third kappa shape index (κ3) is 3.58. The van der Waals surface area contributed by atoms with Crippen molar-refractivity contribution in [2.24, 2.45) is 11.1 Å². The standard InChI is InChI=1S/C17H21NO/c1-17(2,3)16(18)13-8-7-11-15(12-13)19-14-9-5-4-6-10-14/h4-12,16H,18H2,1-3H3/t16-/m1/s1. The molecule has 2 heteroatoms. The van der Waals surface area contributed by atoms with E-state index < -0.39 is 0 Å². The van der Waals surface area contributed by atoms with Crippen LogP contribution in [0.15, 0.2) is 54.6 Å². The van der Waals surface area contributed by atoms with Crippen LogP contribution < -0.4 is 10.5 Å². The maximum absolute atomic E-state index is 6.28. The van der Waals surface area contributed by atoms with E-state index in [0.717, 1.165) is 17.1 Å². The van der Waals surface area contributed by atoms with Crippen LogP contribution in [0.25, 0.3) is 0 Å². The van der Waals surface area contributed by atoms with Gasteiger partial charge in [0.15, 0.2) is 0 Å². The van der Waals surface area contributed by atoms with Gasteiger partial charge in [0.25, 0.3) is 0 Å². The number of hydrogen-bond donors (Lipinski definition) is 1. The van der Waals surface area contributed by atoms with Crippen molar-refractivity contribution < 1.29 is 4.74 Å². The second-order valence-corrected chi connectivity index (χ2v) is 5.83. The fourth-order valence-corrected chi connectivity index (χ4v) is 1.90. The Labute approximate surface area is 115 Å². The van der Waals surface area contributed by atoms with E-state index in [4.69, 9.17) is 10.5 Å². The Bertz CT molecular complexity index is 528. The average molecular weight is 255 g/mol. The summed E-state index contributed by atoms with van der Waals surface area (Å²) >= 11 is 0. The third-order valence-corrected chi connectivity index (χ3v) is 3.13. The first-order chi connectivity index (χ1) is 8.97. The summed E-state index contributed by atoms with van der Waals surface area (Å²) in [6, 6.07) is 17.8. The Morgan fingerprint density at radius 3 is 2.16 bits per heavy atom. The molecule has 0 heterocycles. The lowest BCUT2D eigenvalue weighted by molar-refractivity contribution is 0.326. The quantitative estimate of drug-likeness (QED) is 0.874. The van der Waals surface area contributed by atoms with Crippen LogP contribution in [0.2, 0.25) is 0 Å². The van der Waals surface area contributed by atoms with Crippen molar-refractivity contribution in [3.63, 3.8) is 0 Å². The first-order valence-electron chi connectivity index (χ1n) is 6.55. The Balaban J connectivity index is 2.20. The second kappa shape index (κ2) is 5.45. The van der Waals surface area contributed by atoms with Crippen molar-refractivity contribution in [3.8, 4) is 11.5 Å². The number of benzene rings is 2. The van der Waals surface area contributed by atoms with Gasteiger partial charge in [0.05, 0.1) is 0 Å². The molecule has 0 aliphatic carbocycles. The molecule has 0 unspecified atom stereocenters. The smallest absolute Gasteiger partial charge is 0.127 e. The molecule has 0 radical (unpaired) electrons. The lowest BCUT2D eigenvalue weighted by Gasteiger charge is -2.27. The summed E-state index contributed by atoms with van der Waals surface area (Å²) in [6.07, 6.45) is 0. The minimum Gasteiger partial charge on any atom is -0.457 e. The monoisotopic (exact) mass is 255 g/mol. The zero-order valence-corrected chi connectivity index (χ0v) is 11.8. The highest BCUT2D eigenvalue weighted by atomic mass is 16.5. The highest BCUT2D eigenvalue weighted by molar-refractivity contribution is 5.35. The van der Waals surface area contributed by atoms with Gasteiger partial charge in [-0.3, -0.25) is 0 Å². The molecule has 2 aromatic rings. The Kier molecular flexibility index (Phi) is 3.91. The minimum absolute atomic E-state index is 0.00757. The molecule has 0 aliphatic heterocycles. The number of hydrogen-bond acceptors (Lipinski definition) is 2. The maximum atomic E-state index is 6.28. The van der Waals surface area contributed by atoms with Crippen LogP contribution in [-0.4, -0.2) is 0 Å². The summed E-state index contributed by atoms with van der Waals surface area (Å²) in [6.45, 7) is 6.42. The van der Waals surface area contributed by atoms with Gasteiger partial charge in [-0.1, -0.05) is 51.1 Å². The van der Waals surface area contributed by atoms with Crippen molar-refractivity contribution in [2.75, 3.05) is 0 Å². The van der Waals surface area contributed by atoms with Crippen LogP contribution in [0.3, 0.4) is 0 Å². The van der Waals surface area contributed by atoms with Gasteiger partial charge in [0.2, 0.25) is 0 Å². The predicted octanol–water partition coefficient (Wildman–Crippen LogP) is 4.52. The number of nitrogens with two attached hydrogens (primary N) is 1. The molecule has 0 fully saturated rings. The summed E-state index contributed by atoms with van der Waals surface area (Å²) in [5.74, 6) is 1.66. The summed E-state index contributed by atoms with van der Waals surface area (Å²) in [5.41, 5.74) is 7.41. The highest BCUT2D eigenvalue weighted by Crippen LogP contribution is 2.32. The summed E-state index contributed by atoms with van der Waals surface area (Å²) < 4.78 is 5.83. The van der Waals surface area contributed by atoms with E-state index in [2.05, 4.69) is 20.8 Å². The van der Waals surface area contributed by atoms with Crippen molar-refractivity contribution >= 4 is 0 Å². The number of para-hydroxylation sites is 1. The molecule has 0 amide bonds. The molecule has 0 saturated heterocycles. The largest absolute Gasteiger partial charge is 0.457 e. The van der Waals surface area contributed by atoms with E-state index >= 15 is 0 Å². The molecule has 0 aromatic heterocycles. The van der Waals surface area contributed by atoms with Gasteiger partial charge in [-0.15, -0.1) is 0 Å². The van der Waals surface area contributed by atoms with Gasteiger partial charge in [-0.05, 0) is 35.2 Å². The molecule has 2 aromatic carbocycles. The summed E-state index contributed by atoms with van der Waals surface area (Å²) in [5, 5.41) is 0. The van der Waals surface area contributed by atoms with E-state index in [-0.39, 0.29) is 11.5 Å². The van der Waals surface area contributed by atoms with Crippen LogP contribution in [-0.2, 0) is 0 Å². The van der Waals surface area contributed by atoms with E-state index in [0.29, 0.717) is 0 Å². The van der Waals surface area contributed by atoms with Crippen molar-refractivity contribution in [2.45, 2.75) is 26.8 Å². The first-order valence-corrected chi connectivity index (χ1v) is 6.55. The van der Waals surface area contributed by atoms with Gasteiger partial charge in [-0.25, -0.2) is 0 Å². The molecular weight excluding hydrogens is 234 g/mol. The molecular formula is C17H21NO. The Morgan fingerprint density at radius 1 is 0.895 bits per heavy atom. The van der Waals surface area contributed by atoms with E-state index in [1.807, 2.05) is 54.6 Å². The minimum atomic E-state index is -0.00757. The van der Waals surface area contributed by atoms with E-state index in [1.54, 1.807) is 0 Å². The Morgan fingerprint density at radius 2 is 1.53 bits per heavy atom. The molecule has 2 N–H and O–H groups in total.